The number of amidine groups is 1. The molecule has 1 atom stereocenters. The summed E-state index contributed by atoms with van der Waals surface area (Å²) in [5.41, 5.74) is 0.721. The zero-order chi connectivity index (χ0) is 14.2. The first-order valence-electron chi connectivity index (χ1n) is 6.94. The molecule has 0 amide bonds. The molecular formula is C14H19N3O2S. The first-order valence-corrected chi connectivity index (χ1v) is 8.38. The van der Waals surface area contributed by atoms with Crippen molar-refractivity contribution in [1.29, 1.82) is 0 Å². The zero-order valence-corrected chi connectivity index (χ0v) is 12.4. The van der Waals surface area contributed by atoms with Crippen LogP contribution in [0.3, 0.4) is 0 Å². The lowest BCUT2D eigenvalue weighted by Gasteiger charge is -2.28. The lowest BCUT2D eigenvalue weighted by atomic mass is 9.99. The van der Waals surface area contributed by atoms with Crippen LogP contribution in [-0.4, -0.2) is 45.8 Å². The fourth-order valence-electron chi connectivity index (χ4n) is 2.92. The average Bonchev–Trinajstić information content (AvgIpc) is 2.73. The second-order valence-corrected chi connectivity index (χ2v) is 7.05. The molecule has 5 nitrogen and oxygen atoms in total. The van der Waals surface area contributed by atoms with Gasteiger partial charge in [0, 0.05) is 19.2 Å². The van der Waals surface area contributed by atoms with Crippen LogP contribution in [0.4, 0.5) is 0 Å². The maximum Gasteiger partial charge on any atom is 0.285 e. The maximum atomic E-state index is 12.0. The molecule has 2 heterocycles. The lowest BCUT2D eigenvalue weighted by molar-refractivity contribution is 0.312. The van der Waals surface area contributed by atoms with E-state index in [1.807, 2.05) is 24.1 Å². The molecule has 1 fully saturated rings. The zero-order valence-electron chi connectivity index (χ0n) is 11.5. The van der Waals surface area contributed by atoms with E-state index in [1.165, 1.54) is 12.8 Å². The topological polar surface area (TPSA) is 61.8 Å². The van der Waals surface area contributed by atoms with E-state index in [1.54, 1.807) is 12.1 Å². The van der Waals surface area contributed by atoms with Crippen molar-refractivity contribution in [2.24, 2.45) is 10.3 Å². The molecule has 2 aliphatic heterocycles. The summed E-state index contributed by atoms with van der Waals surface area (Å²) in [4.78, 5) is 2.30. The van der Waals surface area contributed by atoms with Crippen LogP contribution in [0, 0.1) is 5.92 Å². The summed E-state index contributed by atoms with van der Waals surface area (Å²) in [6, 6.07) is 7.04. The quantitative estimate of drug-likeness (QED) is 0.886. The van der Waals surface area contributed by atoms with Crippen molar-refractivity contribution >= 4 is 15.9 Å². The minimum Gasteiger partial charge on any atom is -0.358 e. The van der Waals surface area contributed by atoms with Gasteiger partial charge in [-0.05, 0) is 44.0 Å². The SMILES string of the molecule is CN(C[C@@H]1CCCNC1)C1=NS(=O)(=O)c2ccccc21. The largest absolute Gasteiger partial charge is 0.358 e. The van der Waals surface area contributed by atoms with Gasteiger partial charge >= 0.3 is 0 Å². The van der Waals surface area contributed by atoms with Crippen LogP contribution in [0.25, 0.3) is 0 Å². The van der Waals surface area contributed by atoms with E-state index in [4.69, 9.17) is 0 Å². The molecule has 6 heteroatoms. The molecule has 0 aliphatic carbocycles. The highest BCUT2D eigenvalue weighted by Gasteiger charge is 2.31. The summed E-state index contributed by atoms with van der Waals surface area (Å²) >= 11 is 0. The molecule has 20 heavy (non-hydrogen) atoms. The molecular weight excluding hydrogens is 274 g/mol. The van der Waals surface area contributed by atoms with Gasteiger partial charge in [-0.3, -0.25) is 0 Å². The van der Waals surface area contributed by atoms with Crippen LogP contribution >= 0.6 is 0 Å². The van der Waals surface area contributed by atoms with Crippen molar-refractivity contribution in [3.05, 3.63) is 29.8 Å². The first-order chi connectivity index (χ1) is 9.58. The van der Waals surface area contributed by atoms with Crippen molar-refractivity contribution in [2.45, 2.75) is 17.7 Å². The van der Waals surface area contributed by atoms with Gasteiger partial charge in [0.1, 0.15) is 4.90 Å². The third kappa shape index (κ3) is 2.45. The van der Waals surface area contributed by atoms with E-state index in [0.717, 1.165) is 25.2 Å². The minimum atomic E-state index is -3.51. The Kier molecular flexibility index (Phi) is 3.52. The number of sulfonamides is 1. The van der Waals surface area contributed by atoms with E-state index >= 15 is 0 Å². The molecule has 0 unspecified atom stereocenters. The Balaban J connectivity index is 1.83. The molecule has 1 aromatic carbocycles. The molecule has 0 aromatic heterocycles. The summed E-state index contributed by atoms with van der Waals surface area (Å²) in [5.74, 6) is 1.12. The van der Waals surface area contributed by atoms with E-state index < -0.39 is 10.0 Å². The Morgan fingerprint density at radius 1 is 1.40 bits per heavy atom. The number of nitrogens with zero attached hydrogens (tertiary/aromatic N) is 2. The highest BCUT2D eigenvalue weighted by atomic mass is 32.2. The van der Waals surface area contributed by atoms with Crippen LogP contribution in [0.5, 0.6) is 0 Å². The predicted octanol–water partition coefficient (Wildman–Crippen LogP) is 1.07. The number of hydrogen-bond acceptors (Lipinski definition) is 4. The van der Waals surface area contributed by atoms with Gasteiger partial charge in [-0.2, -0.15) is 8.42 Å². The van der Waals surface area contributed by atoms with Crippen LogP contribution < -0.4 is 5.32 Å². The van der Waals surface area contributed by atoms with E-state index in [-0.39, 0.29) is 0 Å². The molecule has 0 spiro atoms. The van der Waals surface area contributed by atoms with E-state index in [9.17, 15) is 8.42 Å². The fourth-order valence-corrected chi connectivity index (χ4v) is 4.17. The van der Waals surface area contributed by atoms with Gasteiger partial charge in [0.05, 0.1) is 0 Å². The molecule has 2 aliphatic rings. The molecule has 1 aromatic rings. The maximum absolute atomic E-state index is 12.0. The fraction of sp³-hybridized carbons (Fsp3) is 0.500. The molecule has 3 rings (SSSR count). The third-order valence-electron chi connectivity index (χ3n) is 3.91. The number of piperidine rings is 1. The van der Waals surface area contributed by atoms with Crippen molar-refractivity contribution in [3.63, 3.8) is 0 Å². The molecule has 0 saturated carbocycles. The smallest absolute Gasteiger partial charge is 0.285 e. The van der Waals surface area contributed by atoms with E-state index in [0.29, 0.717) is 16.6 Å². The van der Waals surface area contributed by atoms with Gasteiger partial charge in [0.25, 0.3) is 10.0 Å². The lowest BCUT2D eigenvalue weighted by Crippen LogP contribution is -2.39. The van der Waals surface area contributed by atoms with Crippen molar-refractivity contribution < 1.29 is 8.42 Å². The van der Waals surface area contributed by atoms with Crippen LogP contribution in [0.2, 0.25) is 0 Å². The number of benzene rings is 1. The summed E-state index contributed by atoms with van der Waals surface area (Å²) in [6.45, 7) is 2.90. The van der Waals surface area contributed by atoms with Crippen LogP contribution in [0.1, 0.15) is 18.4 Å². The first kappa shape index (κ1) is 13.6. The predicted molar refractivity (Wildman–Crippen MR) is 78.4 cm³/mol. The van der Waals surface area contributed by atoms with Gasteiger partial charge < -0.3 is 10.2 Å². The molecule has 0 radical (unpaired) electrons. The van der Waals surface area contributed by atoms with Gasteiger partial charge in [0.2, 0.25) is 0 Å². The van der Waals surface area contributed by atoms with Crippen LogP contribution in [-0.2, 0) is 10.0 Å². The molecule has 108 valence electrons. The second-order valence-electron chi connectivity index (χ2n) is 5.48. The normalized spacial score (nSPS) is 24.1. The Morgan fingerprint density at radius 2 is 2.20 bits per heavy atom. The van der Waals surface area contributed by atoms with Gasteiger partial charge in [-0.1, -0.05) is 12.1 Å². The summed E-state index contributed by atoms with van der Waals surface area (Å²) < 4.78 is 28.0. The highest BCUT2D eigenvalue weighted by molar-refractivity contribution is 7.90. The standard InChI is InChI=1S/C14H19N3O2S/c1-17(10-11-5-4-8-15-9-11)14-12-6-2-3-7-13(12)20(18,19)16-14/h2-3,6-7,11,15H,4-5,8-10H2,1H3/t11-/m1/s1. The second kappa shape index (κ2) is 5.18. The van der Waals surface area contributed by atoms with Crippen molar-refractivity contribution in [1.82, 2.24) is 10.2 Å². The minimum absolute atomic E-state index is 0.323. The molecule has 1 saturated heterocycles. The summed E-state index contributed by atoms with van der Waals surface area (Å²) in [7, 11) is -1.59. The highest BCUT2D eigenvalue weighted by Crippen LogP contribution is 2.27. The van der Waals surface area contributed by atoms with Gasteiger partial charge in [-0.15, -0.1) is 4.40 Å². The monoisotopic (exact) mass is 293 g/mol. The average molecular weight is 293 g/mol. The molecule has 0 bridgehead atoms. The van der Waals surface area contributed by atoms with Gasteiger partial charge in [-0.25, -0.2) is 0 Å². The Labute approximate surface area is 119 Å². The van der Waals surface area contributed by atoms with Crippen molar-refractivity contribution in [3.8, 4) is 0 Å². The summed E-state index contributed by atoms with van der Waals surface area (Å²) in [5, 5.41) is 3.38. The number of nitrogens with one attached hydrogen (secondary N) is 1. The number of fused-ring (bicyclic) bond motifs is 1. The Morgan fingerprint density at radius 3 is 2.95 bits per heavy atom. The number of rotatable bonds is 2. The van der Waals surface area contributed by atoms with Crippen LogP contribution in [0.15, 0.2) is 33.6 Å². The Bertz CT molecular complexity index is 634. The third-order valence-corrected chi connectivity index (χ3v) is 5.23. The Hall–Kier alpha value is -1.40. The van der Waals surface area contributed by atoms with E-state index in [2.05, 4.69) is 9.71 Å². The van der Waals surface area contributed by atoms with Gasteiger partial charge in [0.15, 0.2) is 5.84 Å². The summed E-state index contributed by atoms with van der Waals surface area (Å²) in [6.07, 6.45) is 2.36. The molecule has 1 N–H and O–H groups in total. The van der Waals surface area contributed by atoms with Crippen molar-refractivity contribution in [2.75, 3.05) is 26.7 Å². The number of hydrogen-bond donors (Lipinski definition) is 1.